The topological polar surface area (TPSA) is 95.6 Å². The number of aryl methyl sites for hydroxylation is 1. The van der Waals surface area contributed by atoms with E-state index < -0.39 is 12.0 Å². The van der Waals surface area contributed by atoms with Crippen LogP contribution >= 0.6 is 0 Å². The van der Waals surface area contributed by atoms with Crippen molar-refractivity contribution in [2.75, 3.05) is 13.2 Å². The molecule has 102 valence electrons. The van der Waals surface area contributed by atoms with Crippen molar-refractivity contribution in [3.8, 4) is 0 Å². The lowest BCUT2D eigenvalue weighted by molar-refractivity contribution is 0.0697. The van der Waals surface area contributed by atoms with Crippen molar-refractivity contribution in [3.63, 3.8) is 0 Å². The van der Waals surface area contributed by atoms with Crippen LogP contribution in [0.1, 0.15) is 29.1 Å². The lowest BCUT2D eigenvalue weighted by atomic mass is 10.2. The molecular formula is C13H16N2O4. The number of nitrogens with zero attached hydrogens (tertiary/aromatic N) is 2. The standard InChI is InChI=1S/C13H16N2O4/c1-2-12-14-10-4-3-8(13(18)19)5-11(10)15(12)9(6-16)7-17/h3-5,9,16-17H,2,6-7H2,1H3,(H,18,19). The third kappa shape index (κ3) is 2.32. The van der Waals surface area contributed by atoms with Gasteiger partial charge in [0, 0.05) is 6.42 Å². The second-order valence-electron chi connectivity index (χ2n) is 4.28. The molecule has 0 aliphatic rings. The molecule has 0 atom stereocenters. The summed E-state index contributed by atoms with van der Waals surface area (Å²) in [5.41, 5.74) is 1.43. The minimum atomic E-state index is -1.02. The van der Waals surface area contributed by atoms with Gasteiger partial charge in [-0.1, -0.05) is 6.92 Å². The zero-order valence-corrected chi connectivity index (χ0v) is 10.6. The number of aromatic nitrogens is 2. The summed E-state index contributed by atoms with van der Waals surface area (Å²) in [5, 5.41) is 27.7. The Morgan fingerprint density at radius 2 is 2.05 bits per heavy atom. The zero-order chi connectivity index (χ0) is 14.0. The van der Waals surface area contributed by atoms with E-state index in [4.69, 9.17) is 5.11 Å². The first kappa shape index (κ1) is 13.5. The average molecular weight is 264 g/mol. The number of imidazole rings is 1. The van der Waals surface area contributed by atoms with E-state index in [0.717, 1.165) is 0 Å². The van der Waals surface area contributed by atoms with Crippen LogP contribution in [-0.4, -0.2) is 44.1 Å². The third-order valence-electron chi connectivity index (χ3n) is 3.11. The average Bonchev–Trinajstić information content (AvgIpc) is 2.78. The molecule has 2 aromatic rings. The number of aliphatic hydroxyl groups is 2. The highest BCUT2D eigenvalue weighted by molar-refractivity contribution is 5.92. The highest BCUT2D eigenvalue weighted by Gasteiger charge is 2.18. The molecule has 0 aliphatic carbocycles. The van der Waals surface area contributed by atoms with Crippen LogP contribution in [0.2, 0.25) is 0 Å². The summed E-state index contributed by atoms with van der Waals surface area (Å²) in [5.74, 6) is -0.303. The van der Waals surface area contributed by atoms with Crippen molar-refractivity contribution in [1.82, 2.24) is 9.55 Å². The molecule has 0 radical (unpaired) electrons. The van der Waals surface area contributed by atoms with Crippen molar-refractivity contribution in [1.29, 1.82) is 0 Å². The number of aliphatic hydroxyl groups excluding tert-OH is 2. The summed E-state index contributed by atoms with van der Waals surface area (Å²) < 4.78 is 1.71. The second-order valence-corrected chi connectivity index (χ2v) is 4.28. The molecule has 0 bridgehead atoms. The summed E-state index contributed by atoms with van der Waals surface area (Å²) in [7, 11) is 0. The number of benzene rings is 1. The van der Waals surface area contributed by atoms with Gasteiger partial charge in [-0.05, 0) is 18.2 Å². The van der Waals surface area contributed by atoms with Crippen LogP contribution in [0, 0.1) is 0 Å². The summed E-state index contributed by atoms with van der Waals surface area (Å²) >= 11 is 0. The van der Waals surface area contributed by atoms with Crippen LogP contribution in [0.15, 0.2) is 18.2 Å². The Hall–Kier alpha value is -1.92. The molecule has 2 rings (SSSR count). The quantitative estimate of drug-likeness (QED) is 0.743. The van der Waals surface area contributed by atoms with E-state index in [1.165, 1.54) is 12.1 Å². The second kappa shape index (κ2) is 5.38. The van der Waals surface area contributed by atoms with E-state index in [2.05, 4.69) is 4.98 Å². The van der Waals surface area contributed by atoms with Gasteiger partial charge in [0.2, 0.25) is 0 Å². The van der Waals surface area contributed by atoms with Gasteiger partial charge in [-0.15, -0.1) is 0 Å². The number of carboxylic acid groups (broad SMARTS) is 1. The number of hydrogen-bond donors (Lipinski definition) is 3. The van der Waals surface area contributed by atoms with E-state index in [1.807, 2.05) is 6.92 Å². The zero-order valence-electron chi connectivity index (χ0n) is 10.6. The molecule has 1 aromatic carbocycles. The fraction of sp³-hybridized carbons (Fsp3) is 0.385. The Labute approximate surface area is 109 Å². The van der Waals surface area contributed by atoms with Crippen LogP contribution in [0.4, 0.5) is 0 Å². The molecule has 6 nitrogen and oxygen atoms in total. The molecule has 0 amide bonds. The highest BCUT2D eigenvalue weighted by atomic mass is 16.4. The Morgan fingerprint density at radius 1 is 1.37 bits per heavy atom. The maximum atomic E-state index is 11.0. The van der Waals surface area contributed by atoms with E-state index in [0.29, 0.717) is 23.3 Å². The SMILES string of the molecule is CCc1nc2ccc(C(=O)O)cc2n1C(CO)CO. The Bertz CT molecular complexity index is 602. The smallest absolute Gasteiger partial charge is 0.335 e. The molecule has 6 heteroatoms. The first-order valence-electron chi connectivity index (χ1n) is 6.08. The molecular weight excluding hydrogens is 248 g/mol. The van der Waals surface area contributed by atoms with Crippen LogP contribution in [-0.2, 0) is 6.42 Å². The van der Waals surface area contributed by atoms with Gasteiger partial charge in [0.25, 0.3) is 0 Å². The lowest BCUT2D eigenvalue weighted by Gasteiger charge is -2.17. The first-order chi connectivity index (χ1) is 9.12. The van der Waals surface area contributed by atoms with E-state index >= 15 is 0 Å². The molecule has 0 unspecified atom stereocenters. The van der Waals surface area contributed by atoms with Crippen molar-refractivity contribution in [2.45, 2.75) is 19.4 Å². The first-order valence-corrected chi connectivity index (χ1v) is 6.08. The molecule has 1 heterocycles. The number of aromatic carboxylic acids is 1. The van der Waals surface area contributed by atoms with Gasteiger partial charge < -0.3 is 19.9 Å². The largest absolute Gasteiger partial charge is 0.478 e. The van der Waals surface area contributed by atoms with E-state index in [9.17, 15) is 15.0 Å². The highest BCUT2D eigenvalue weighted by Crippen LogP contribution is 2.23. The predicted molar refractivity (Wildman–Crippen MR) is 69.3 cm³/mol. The molecule has 1 aromatic heterocycles. The summed E-state index contributed by atoms with van der Waals surface area (Å²) in [6.45, 7) is 1.46. The Balaban J connectivity index is 2.69. The van der Waals surface area contributed by atoms with Gasteiger partial charge in [0.1, 0.15) is 5.82 Å². The van der Waals surface area contributed by atoms with Crippen molar-refractivity contribution >= 4 is 17.0 Å². The van der Waals surface area contributed by atoms with Gasteiger partial charge in [0.15, 0.2) is 0 Å². The minimum Gasteiger partial charge on any atom is -0.478 e. The summed E-state index contributed by atoms with van der Waals surface area (Å²) in [6, 6.07) is 4.14. The van der Waals surface area contributed by atoms with Gasteiger partial charge >= 0.3 is 5.97 Å². The van der Waals surface area contributed by atoms with Gasteiger partial charge in [-0.25, -0.2) is 9.78 Å². The normalized spacial score (nSPS) is 11.4. The van der Waals surface area contributed by atoms with Crippen LogP contribution in [0.5, 0.6) is 0 Å². The van der Waals surface area contributed by atoms with Crippen molar-refractivity contribution in [3.05, 3.63) is 29.6 Å². The van der Waals surface area contributed by atoms with Crippen molar-refractivity contribution in [2.24, 2.45) is 0 Å². The Kier molecular flexibility index (Phi) is 3.82. The fourth-order valence-electron chi connectivity index (χ4n) is 2.15. The number of fused-ring (bicyclic) bond motifs is 1. The molecule has 19 heavy (non-hydrogen) atoms. The maximum absolute atomic E-state index is 11.0. The predicted octanol–water partition coefficient (Wildman–Crippen LogP) is 0.823. The number of rotatable bonds is 5. The van der Waals surface area contributed by atoms with Crippen LogP contribution in [0.25, 0.3) is 11.0 Å². The maximum Gasteiger partial charge on any atom is 0.335 e. The van der Waals surface area contributed by atoms with Crippen LogP contribution < -0.4 is 0 Å². The third-order valence-corrected chi connectivity index (χ3v) is 3.11. The van der Waals surface area contributed by atoms with Gasteiger partial charge in [0.05, 0.1) is 35.9 Å². The molecule has 3 N–H and O–H groups in total. The minimum absolute atomic E-state index is 0.158. The lowest BCUT2D eigenvalue weighted by Crippen LogP contribution is -2.19. The number of carboxylic acids is 1. The number of hydrogen-bond acceptors (Lipinski definition) is 4. The molecule has 0 aliphatic heterocycles. The van der Waals surface area contributed by atoms with Crippen LogP contribution in [0.3, 0.4) is 0 Å². The Morgan fingerprint density at radius 3 is 2.58 bits per heavy atom. The van der Waals surface area contributed by atoms with E-state index in [-0.39, 0.29) is 18.8 Å². The monoisotopic (exact) mass is 264 g/mol. The summed E-state index contributed by atoms with van der Waals surface area (Å²) in [6.07, 6.45) is 0.633. The van der Waals surface area contributed by atoms with Crippen molar-refractivity contribution < 1.29 is 20.1 Å². The summed E-state index contributed by atoms with van der Waals surface area (Å²) in [4.78, 5) is 15.4. The molecule has 0 saturated carbocycles. The molecule has 0 saturated heterocycles. The van der Waals surface area contributed by atoms with E-state index in [1.54, 1.807) is 10.6 Å². The molecule has 0 spiro atoms. The van der Waals surface area contributed by atoms with Gasteiger partial charge in [-0.3, -0.25) is 0 Å². The fourth-order valence-corrected chi connectivity index (χ4v) is 2.15. The molecule has 0 fully saturated rings. The van der Waals surface area contributed by atoms with Gasteiger partial charge in [-0.2, -0.15) is 0 Å². The number of carbonyl (C=O) groups is 1.